The Balaban J connectivity index is 3.40. The van der Waals surface area contributed by atoms with Crippen LogP contribution in [0.2, 0.25) is 0 Å². The Hall–Kier alpha value is -1.66. The number of aliphatic hydroxyl groups excluding tert-OH is 2. The third-order valence-corrected chi connectivity index (χ3v) is 16.2. The number of hydrogen-bond acceptors (Lipinski definition) is 5. The zero-order chi connectivity index (χ0) is 55.0. The largest absolute Gasteiger partial charge is 0.466 e. The average Bonchev–Trinajstić information content (AvgIpc) is 3.42. The molecule has 0 spiro atoms. The highest BCUT2D eigenvalue weighted by molar-refractivity contribution is 5.76. The van der Waals surface area contributed by atoms with Gasteiger partial charge in [0.2, 0.25) is 5.91 Å². The minimum absolute atomic E-state index is 0.00936. The molecule has 0 fully saturated rings. The summed E-state index contributed by atoms with van der Waals surface area (Å²) in [5.41, 5.74) is 0. The summed E-state index contributed by atoms with van der Waals surface area (Å²) >= 11 is 0. The van der Waals surface area contributed by atoms with Crippen LogP contribution in [0, 0.1) is 0 Å². The molecule has 2 atom stereocenters. The van der Waals surface area contributed by atoms with Crippen molar-refractivity contribution < 1.29 is 24.5 Å². The lowest BCUT2D eigenvalue weighted by molar-refractivity contribution is -0.143. The molecule has 1 amide bonds. The standard InChI is InChI=1S/C70H135NO5/c1-3-5-7-9-11-13-15-17-19-21-23-27-30-34-38-42-46-50-54-58-62-68(73)67(66-72)71-69(74)63-59-55-51-47-43-39-35-31-28-25-24-26-29-33-37-41-45-49-53-57-61-65-76-70(75)64-60-56-52-48-44-40-36-32-22-20-18-16-14-12-10-8-6-4-2/h20,22,58,62,67-68,72-73H,3-19,21,23-57,59-61,63-66H2,1-2H3,(H,71,74)/b22-20-,62-58+. The van der Waals surface area contributed by atoms with Gasteiger partial charge in [-0.3, -0.25) is 9.59 Å². The summed E-state index contributed by atoms with van der Waals surface area (Å²) in [5, 5.41) is 23.2. The maximum atomic E-state index is 12.5. The first-order chi connectivity index (χ1) is 37.5. The molecule has 0 aromatic heterocycles. The number of carbonyl (C=O) groups excluding carboxylic acids is 2. The van der Waals surface area contributed by atoms with E-state index >= 15 is 0 Å². The number of unbranched alkanes of at least 4 members (excludes halogenated alkanes) is 52. The van der Waals surface area contributed by atoms with Gasteiger partial charge in [-0.05, 0) is 57.8 Å². The molecule has 0 radical (unpaired) electrons. The van der Waals surface area contributed by atoms with E-state index in [0.717, 1.165) is 44.9 Å². The van der Waals surface area contributed by atoms with Crippen LogP contribution in [0.4, 0.5) is 0 Å². The van der Waals surface area contributed by atoms with Gasteiger partial charge in [0.25, 0.3) is 0 Å². The van der Waals surface area contributed by atoms with Crippen molar-refractivity contribution in [3.05, 3.63) is 24.3 Å². The molecule has 0 aliphatic carbocycles. The molecule has 0 saturated heterocycles. The van der Waals surface area contributed by atoms with Crippen molar-refractivity contribution in [2.75, 3.05) is 13.2 Å². The molecule has 0 aliphatic heterocycles. The molecule has 3 N–H and O–H groups in total. The van der Waals surface area contributed by atoms with Crippen molar-refractivity contribution in [2.24, 2.45) is 0 Å². The van der Waals surface area contributed by atoms with Crippen LogP contribution in [0.25, 0.3) is 0 Å². The fourth-order valence-corrected chi connectivity index (χ4v) is 10.9. The van der Waals surface area contributed by atoms with Crippen molar-refractivity contribution in [3.63, 3.8) is 0 Å². The summed E-state index contributed by atoms with van der Waals surface area (Å²) in [5.74, 6) is -0.0559. The van der Waals surface area contributed by atoms with E-state index in [1.807, 2.05) is 6.08 Å². The van der Waals surface area contributed by atoms with Crippen LogP contribution in [0.5, 0.6) is 0 Å². The second kappa shape index (κ2) is 65.9. The molecule has 0 bridgehead atoms. The van der Waals surface area contributed by atoms with Gasteiger partial charge in [-0.15, -0.1) is 0 Å². The molecule has 0 rings (SSSR count). The normalized spacial score (nSPS) is 12.6. The lowest BCUT2D eigenvalue weighted by Crippen LogP contribution is -2.45. The Morgan fingerprint density at radius 2 is 0.618 bits per heavy atom. The monoisotopic (exact) mass is 1070 g/mol. The minimum atomic E-state index is -0.846. The molecule has 6 nitrogen and oxygen atoms in total. The van der Waals surface area contributed by atoms with E-state index in [0.29, 0.717) is 19.4 Å². The van der Waals surface area contributed by atoms with Gasteiger partial charge in [-0.25, -0.2) is 0 Å². The van der Waals surface area contributed by atoms with E-state index in [-0.39, 0.29) is 18.5 Å². The molecule has 0 heterocycles. The van der Waals surface area contributed by atoms with E-state index in [4.69, 9.17) is 4.74 Å². The highest BCUT2D eigenvalue weighted by Gasteiger charge is 2.18. The number of carbonyl (C=O) groups is 2. The van der Waals surface area contributed by atoms with Crippen molar-refractivity contribution in [3.8, 4) is 0 Å². The maximum absolute atomic E-state index is 12.5. The third-order valence-electron chi connectivity index (χ3n) is 16.2. The first kappa shape index (κ1) is 74.3. The maximum Gasteiger partial charge on any atom is 0.305 e. The Morgan fingerprint density at radius 1 is 0.355 bits per heavy atom. The van der Waals surface area contributed by atoms with E-state index < -0.39 is 12.1 Å². The van der Waals surface area contributed by atoms with Crippen LogP contribution in [0.1, 0.15) is 386 Å². The van der Waals surface area contributed by atoms with E-state index in [1.165, 1.54) is 315 Å². The van der Waals surface area contributed by atoms with Crippen molar-refractivity contribution >= 4 is 11.9 Å². The summed E-state index contributed by atoms with van der Waals surface area (Å²) in [7, 11) is 0. The molecular weight excluding hydrogens is 935 g/mol. The Labute approximate surface area is 475 Å². The molecule has 0 aromatic carbocycles. The molecule has 0 saturated carbocycles. The molecule has 0 aromatic rings. The summed E-state index contributed by atoms with van der Waals surface area (Å²) in [6.45, 7) is 4.93. The number of esters is 1. The van der Waals surface area contributed by atoms with Crippen LogP contribution in [-0.2, 0) is 14.3 Å². The average molecular weight is 1070 g/mol. The van der Waals surface area contributed by atoms with E-state index in [2.05, 4.69) is 31.3 Å². The van der Waals surface area contributed by atoms with Crippen molar-refractivity contribution in [1.29, 1.82) is 0 Å². The second-order valence-corrected chi connectivity index (χ2v) is 23.9. The van der Waals surface area contributed by atoms with Crippen LogP contribution in [0.15, 0.2) is 24.3 Å². The Morgan fingerprint density at radius 3 is 0.934 bits per heavy atom. The molecule has 2 unspecified atom stereocenters. The number of ether oxygens (including phenoxy) is 1. The predicted octanol–water partition coefficient (Wildman–Crippen LogP) is 22.1. The van der Waals surface area contributed by atoms with Gasteiger partial charge in [0.05, 0.1) is 25.4 Å². The fourth-order valence-electron chi connectivity index (χ4n) is 10.9. The molecular formula is C70H135NO5. The molecule has 0 aliphatic rings. The Bertz CT molecular complexity index is 1190. The lowest BCUT2D eigenvalue weighted by Gasteiger charge is -2.20. The molecule has 450 valence electrons. The third kappa shape index (κ3) is 61.6. The topological polar surface area (TPSA) is 95.9 Å². The van der Waals surface area contributed by atoms with Crippen LogP contribution < -0.4 is 5.32 Å². The van der Waals surface area contributed by atoms with E-state index in [1.54, 1.807) is 6.08 Å². The zero-order valence-corrected chi connectivity index (χ0v) is 51.5. The van der Waals surface area contributed by atoms with Crippen LogP contribution in [0.3, 0.4) is 0 Å². The second-order valence-electron chi connectivity index (χ2n) is 23.9. The quantitative estimate of drug-likeness (QED) is 0.0320. The van der Waals surface area contributed by atoms with E-state index in [9.17, 15) is 19.8 Å². The van der Waals surface area contributed by atoms with Gasteiger partial charge in [0, 0.05) is 12.8 Å². The molecule has 76 heavy (non-hydrogen) atoms. The first-order valence-corrected chi connectivity index (χ1v) is 34.6. The number of aliphatic hydroxyl groups is 2. The van der Waals surface area contributed by atoms with Crippen LogP contribution >= 0.6 is 0 Å². The van der Waals surface area contributed by atoms with Gasteiger partial charge in [-0.1, -0.05) is 340 Å². The number of allylic oxidation sites excluding steroid dienone is 3. The number of nitrogens with one attached hydrogen (secondary N) is 1. The predicted molar refractivity (Wildman–Crippen MR) is 333 cm³/mol. The number of hydrogen-bond donors (Lipinski definition) is 3. The summed E-state index contributed by atoms with van der Waals surface area (Å²) < 4.78 is 5.50. The van der Waals surface area contributed by atoms with Gasteiger partial charge in [0.1, 0.15) is 0 Å². The minimum Gasteiger partial charge on any atom is -0.466 e. The highest BCUT2D eigenvalue weighted by atomic mass is 16.5. The molecule has 6 heteroatoms. The van der Waals surface area contributed by atoms with Gasteiger partial charge < -0.3 is 20.3 Å². The zero-order valence-electron chi connectivity index (χ0n) is 51.5. The Kier molecular flexibility index (Phi) is 64.4. The number of amides is 1. The number of rotatable bonds is 65. The lowest BCUT2D eigenvalue weighted by atomic mass is 10.0. The smallest absolute Gasteiger partial charge is 0.305 e. The SMILES string of the molecule is CCCCCCCCC/C=C\CCCCCCCCCC(=O)OCCCCCCCCCCCCCCCCCCCCCCCC(=O)NC(CO)C(O)/C=C/CCCCCCCCCCCCCCCCCCCC. The highest BCUT2D eigenvalue weighted by Crippen LogP contribution is 2.18. The summed E-state index contributed by atoms with van der Waals surface area (Å²) in [4.78, 5) is 24.6. The van der Waals surface area contributed by atoms with Gasteiger partial charge in [0.15, 0.2) is 0 Å². The summed E-state index contributed by atoms with van der Waals surface area (Å²) in [6, 6.07) is -0.629. The summed E-state index contributed by atoms with van der Waals surface area (Å²) in [6.07, 6.45) is 82.4. The van der Waals surface area contributed by atoms with Crippen molar-refractivity contribution in [2.45, 2.75) is 398 Å². The van der Waals surface area contributed by atoms with Gasteiger partial charge in [-0.2, -0.15) is 0 Å². The fraction of sp³-hybridized carbons (Fsp3) is 0.914. The van der Waals surface area contributed by atoms with Gasteiger partial charge >= 0.3 is 5.97 Å². The first-order valence-electron chi connectivity index (χ1n) is 34.6. The van der Waals surface area contributed by atoms with Crippen molar-refractivity contribution in [1.82, 2.24) is 5.32 Å². The van der Waals surface area contributed by atoms with Crippen LogP contribution in [-0.4, -0.2) is 47.4 Å².